The lowest BCUT2D eigenvalue weighted by Crippen LogP contribution is -2.24. The van der Waals surface area contributed by atoms with Crippen LogP contribution in [-0.2, 0) is 0 Å². The lowest BCUT2D eigenvalue weighted by atomic mass is 10.2. The van der Waals surface area contributed by atoms with E-state index in [1.54, 1.807) is 36.0 Å². The van der Waals surface area contributed by atoms with Crippen LogP contribution in [0.15, 0.2) is 66.0 Å². The Morgan fingerprint density at radius 2 is 1.89 bits per heavy atom. The van der Waals surface area contributed by atoms with Gasteiger partial charge in [-0.25, -0.2) is 14.2 Å². The molecule has 1 aromatic heterocycles. The van der Waals surface area contributed by atoms with Crippen LogP contribution < -0.4 is 16.2 Å². The number of benzene rings is 1. The van der Waals surface area contributed by atoms with E-state index in [1.165, 1.54) is 4.68 Å². The number of carbonyl (C=O) groups excluding carboxylic acids is 1. The van der Waals surface area contributed by atoms with Gasteiger partial charge in [0.1, 0.15) is 5.69 Å². The summed E-state index contributed by atoms with van der Waals surface area (Å²) in [4.78, 5) is 25.3. The van der Waals surface area contributed by atoms with Gasteiger partial charge in [-0.1, -0.05) is 36.9 Å². The summed E-state index contributed by atoms with van der Waals surface area (Å²) >= 11 is 0. The maximum absolute atomic E-state index is 12.9. The van der Waals surface area contributed by atoms with Gasteiger partial charge in [-0.2, -0.15) is 0 Å². The third-order valence-corrected chi connectivity index (χ3v) is 4.03. The number of anilines is 2. The predicted octanol–water partition coefficient (Wildman–Crippen LogP) is 5.00. The van der Waals surface area contributed by atoms with Crippen molar-refractivity contribution in [3.05, 3.63) is 82.8 Å². The van der Waals surface area contributed by atoms with Gasteiger partial charge in [0, 0.05) is 11.9 Å². The zero-order valence-corrected chi connectivity index (χ0v) is 16.7. The fourth-order valence-corrected chi connectivity index (χ4v) is 2.78. The first-order valence-corrected chi connectivity index (χ1v) is 9.00. The van der Waals surface area contributed by atoms with Crippen molar-refractivity contribution < 1.29 is 4.79 Å². The van der Waals surface area contributed by atoms with Crippen LogP contribution in [0.5, 0.6) is 0 Å². The molecule has 0 aliphatic heterocycles. The van der Waals surface area contributed by atoms with E-state index in [0.717, 1.165) is 5.56 Å². The van der Waals surface area contributed by atoms with Gasteiger partial charge in [0.2, 0.25) is 0 Å². The molecule has 0 radical (unpaired) electrons. The van der Waals surface area contributed by atoms with Crippen LogP contribution in [-0.4, -0.2) is 15.4 Å². The second-order valence-corrected chi connectivity index (χ2v) is 6.17. The Labute approximate surface area is 165 Å². The molecular weight excluding hydrogens is 352 g/mol. The lowest BCUT2D eigenvalue weighted by Gasteiger charge is -2.11. The van der Waals surface area contributed by atoms with E-state index in [4.69, 9.17) is 0 Å². The topological polar surface area (TPSA) is 68.1 Å². The monoisotopic (exact) mass is 378 g/mol. The number of hydrogen-bond acceptors (Lipinski definition) is 2. The average molecular weight is 378 g/mol. The minimum absolute atomic E-state index is 0.205. The first-order chi connectivity index (χ1) is 13.4. The summed E-state index contributed by atoms with van der Waals surface area (Å²) in [6.07, 6.45) is 10.6. The smallest absolute Gasteiger partial charge is 0.308 e. The number of aryl methyl sites for hydroxylation is 1. The molecule has 6 nitrogen and oxygen atoms in total. The van der Waals surface area contributed by atoms with E-state index >= 15 is 0 Å². The van der Waals surface area contributed by atoms with Crippen molar-refractivity contribution in [3.8, 4) is 0 Å². The van der Waals surface area contributed by atoms with Crippen LogP contribution in [0.1, 0.15) is 25.1 Å². The summed E-state index contributed by atoms with van der Waals surface area (Å²) in [7, 11) is 0. The molecule has 146 valence electrons. The fourth-order valence-electron chi connectivity index (χ4n) is 2.78. The molecule has 0 fully saturated rings. The summed E-state index contributed by atoms with van der Waals surface area (Å²) < 4.78 is 3.15. The number of urea groups is 1. The number of hydrogen-bond donors (Lipinski definition) is 2. The number of carbonyl (C=O) groups is 1. The highest BCUT2D eigenvalue weighted by atomic mass is 16.2. The Morgan fingerprint density at radius 1 is 1.14 bits per heavy atom. The molecule has 2 N–H and O–H groups in total. The summed E-state index contributed by atoms with van der Waals surface area (Å²) in [5.74, 6) is 0. The van der Waals surface area contributed by atoms with Gasteiger partial charge in [-0.3, -0.25) is 4.79 Å². The van der Waals surface area contributed by atoms with Crippen molar-refractivity contribution in [1.82, 2.24) is 9.36 Å². The summed E-state index contributed by atoms with van der Waals surface area (Å²) in [6, 6.07) is 6.96. The van der Waals surface area contributed by atoms with Crippen molar-refractivity contribution >= 4 is 29.3 Å². The van der Waals surface area contributed by atoms with E-state index in [0.29, 0.717) is 17.1 Å². The number of nitrogens with one attached hydrogen (secondary N) is 2. The quantitative estimate of drug-likeness (QED) is 0.694. The molecule has 6 heteroatoms. The maximum Gasteiger partial charge on any atom is 0.323 e. The molecular formula is C22H26N4O2. The molecule has 0 aliphatic rings. The van der Waals surface area contributed by atoms with Gasteiger partial charge in [-0.15, -0.1) is 0 Å². The first-order valence-electron chi connectivity index (χ1n) is 9.00. The number of nitrogens with zero attached hydrogens (tertiary/aromatic N) is 2. The van der Waals surface area contributed by atoms with Crippen LogP contribution in [0, 0.1) is 13.8 Å². The van der Waals surface area contributed by atoms with Crippen molar-refractivity contribution in [3.63, 3.8) is 0 Å². The summed E-state index contributed by atoms with van der Waals surface area (Å²) in [5, 5.41) is 5.44. The van der Waals surface area contributed by atoms with Crippen LogP contribution in [0.4, 0.5) is 16.2 Å². The van der Waals surface area contributed by atoms with Gasteiger partial charge in [0.15, 0.2) is 0 Å². The highest BCUT2D eigenvalue weighted by Crippen LogP contribution is 2.18. The Hall–Kier alpha value is -3.54. The van der Waals surface area contributed by atoms with E-state index in [-0.39, 0.29) is 11.2 Å². The second-order valence-electron chi connectivity index (χ2n) is 6.17. The Balaban J connectivity index is 2.45. The molecule has 1 heterocycles. The SMILES string of the molecule is C=C/C(=C\C=C/C)n1c(C)c(NC(=O)Nc2cccc(C)c2)c(=O)n1/C=C/C. The van der Waals surface area contributed by atoms with Gasteiger partial charge < -0.3 is 10.6 Å². The van der Waals surface area contributed by atoms with E-state index in [1.807, 2.05) is 57.2 Å². The second kappa shape index (κ2) is 9.41. The third-order valence-electron chi connectivity index (χ3n) is 4.03. The fraction of sp³-hybridized carbons (Fsp3) is 0.182. The predicted molar refractivity (Wildman–Crippen MR) is 118 cm³/mol. The van der Waals surface area contributed by atoms with Crippen LogP contribution in [0.3, 0.4) is 0 Å². The lowest BCUT2D eigenvalue weighted by molar-refractivity contribution is 0.262. The third kappa shape index (κ3) is 4.59. The minimum Gasteiger partial charge on any atom is -0.308 e. The zero-order chi connectivity index (χ0) is 20.7. The number of amides is 2. The van der Waals surface area contributed by atoms with E-state index in [2.05, 4.69) is 17.2 Å². The Morgan fingerprint density at radius 3 is 2.50 bits per heavy atom. The molecule has 2 aromatic rings. The highest BCUT2D eigenvalue weighted by molar-refractivity contribution is 6.00. The van der Waals surface area contributed by atoms with Crippen molar-refractivity contribution in [2.45, 2.75) is 27.7 Å². The maximum atomic E-state index is 12.9. The minimum atomic E-state index is -0.479. The van der Waals surface area contributed by atoms with E-state index in [9.17, 15) is 9.59 Å². The Kier molecular flexibility index (Phi) is 6.98. The number of allylic oxidation sites excluding steroid dienone is 6. The standard InChI is InChI=1S/C22H26N4O2/c1-6-9-13-19(8-3)26-17(5)20(21(27)25(26)14-7-2)24-22(28)23-18-12-10-11-16(4)15-18/h6-15H,3H2,1-2,4-5H3,(H2,23,24,28)/b9-6-,14-7+,19-13+. The Bertz CT molecular complexity index is 1020. The molecule has 28 heavy (non-hydrogen) atoms. The van der Waals surface area contributed by atoms with E-state index < -0.39 is 6.03 Å². The van der Waals surface area contributed by atoms with Crippen LogP contribution >= 0.6 is 0 Å². The molecule has 2 amide bonds. The normalized spacial score (nSPS) is 11.9. The van der Waals surface area contributed by atoms with Gasteiger partial charge >= 0.3 is 6.03 Å². The van der Waals surface area contributed by atoms with Crippen molar-refractivity contribution in [1.29, 1.82) is 0 Å². The zero-order valence-electron chi connectivity index (χ0n) is 16.7. The summed E-state index contributed by atoms with van der Waals surface area (Å²) in [5.41, 5.74) is 2.86. The van der Waals surface area contributed by atoms with Crippen molar-refractivity contribution in [2.24, 2.45) is 0 Å². The van der Waals surface area contributed by atoms with Gasteiger partial charge in [-0.05, 0) is 57.5 Å². The molecule has 0 unspecified atom stereocenters. The van der Waals surface area contributed by atoms with Crippen LogP contribution in [0.25, 0.3) is 11.9 Å². The molecule has 0 atom stereocenters. The van der Waals surface area contributed by atoms with Gasteiger partial charge in [0.25, 0.3) is 5.56 Å². The molecule has 2 rings (SSSR count). The average Bonchev–Trinajstić information content (AvgIpc) is 2.88. The number of rotatable bonds is 6. The first kappa shape index (κ1) is 20.8. The van der Waals surface area contributed by atoms with Crippen molar-refractivity contribution in [2.75, 3.05) is 10.6 Å². The molecule has 1 aromatic carbocycles. The molecule has 0 bridgehead atoms. The molecule has 0 saturated carbocycles. The number of aromatic nitrogens is 2. The van der Waals surface area contributed by atoms with Gasteiger partial charge in [0.05, 0.1) is 11.4 Å². The molecule has 0 saturated heterocycles. The largest absolute Gasteiger partial charge is 0.323 e. The highest BCUT2D eigenvalue weighted by Gasteiger charge is 2.19. The summed E-state index contributed by atoms with van der Waals surface area (Å²) in [6.45, 7) is 11.3. The molecule has 0 aliphatic carbocycles. The molecule has 0 spiro atoms. The van der Waals surface area contributed by atoms with Crippen LogP contribution in [0.2, 0.25) is 0 Å².